The average molecular weight is 348 g/mol. The Morgan fingerprint density at radius 3 is 2.96 bits per heavy atom. The van der Waals surface area contributed by atoms with E-state index in [9.17, 15) is 9.59 Å². The molecule has 0 unspecified atom stereocenters. The SMILES string of the molecule is COc1ccccc1CNC(=O)[C@@H](C)Sc1n[nH]c(=O)n1C1CC1. The molecule has 1 saturated carbocycles. The summed E-state index contributed by atoms with van der Waals surface area (Å²) in [6.45, 7) is 2.20. The van der Waals surface area contributed by atoms with Crippen LogP contribution in [0.1, 0.15) is 31.4 Å². The maximum absolute atomic E-state index is 12.3. The number of rotatable bonds is 7. The molecule has 0 aliphatic heterocycles. The number of aromatic amines is 1. The van der Waals surface area contributed by atoms with Gasteiger partial charge in [-0.2, -0.15) is 0 Å². The van der Waals surface area contributed by atoms with Crippen molar-refractivity contribution in [2.45, 2.75) is 42.8 Å². The maximum atomic E-state index is 12.3. The molecule has 1 fully saturated rings. The fourth-order valence-corrected chi connectivity index (χ4v) is 3.37. The summed E-state index contributed by atoms with van der Waals surface area (Å²) in [4.78, 5) is 24.1. The van der Waals surface area contributed by atoms with Crippen LogP contribution in [-0.2, 0) is 11.3 Å². The first-order chi connectivity index (χ1) is 11.6. The summed E-state index contributed by atoms with van der Waals surface area (Å²) >= 11 is 1.29. The summed E-state index contributed by atoms with van der Waals surface area (Å²) in [6, 6.07) is 7.78. The van der Waals surface area contributed by atoms with Gasteiger partial charge in [-0.25, -0.2) is 9.89 Å². The Morgan fingerprint density at radius 1 is 1.50 bits per heavy atom. The van der Waals surface area contributed by atoms with E-state index in [0.29, 0.717) is 11.7 Å². The minimum absolute atomic E-state index is 0.108. The summed E-state index contributed by atoms with van der Waals surface area (Å²) in [6.07, 6.45) is 1.97. The van der Waals surface area contributed by atoms with Gasteiger partial charge in [0.25, 0.3) is 0 Å². The van der Waals surface area contributed by atoms with Crippen molar-refractivity contribution >= 4 is 17.7 Å². The minimum atomic E-state index is -0.354. The molecule has 1 amide bonds. The zero-order chi connectivity index (χ0) is 17.1. The molecule has 0 radical (unpaired) electrons. The number of aromatic nitrogens is 3. The summed E-state index contributed by atoms with van der Waals surface area (Å²) in [5.74, 6) is 0.636. The molecule has 2 aromatic rings. The number of para-hydroxylation sites is 1. The van der Waals surface area contributed by atoms with Gasteiger partial charge in [0.15, 0.2) is 5.16 Å². The number of H-pyrrole nitrogens is 1. The van der Waals surface area contributed by atoms with Gasteiger partial charge in [0.1, 0.15) is 5.75 Å². The van der Waals surface area contributed by atoms with Gasteiger partial charge in [0.05, 0.1) is 12.4 Å². The van der Waals surface area contributed by atoms with Crippen LogP contribution in [0, 0.1) is 0 Å². The summed E-state index contributed by atoms with van der Waals surface area (Å²) in [7, 11) is 1.61. The van der Waals surface area contributed by atoms with E-state index in [2.05, 4.69) is 15.5 Å². The van der Waals surface area contributed by atoms with Gasteiger partial charge in [0.2, 0.25) is 5.91 Å². The maximum Gasteiger partial charge on any atom is 0.344 e. The van der Waals surface area contributed by atoms with Crippen LogP contribution in [0.2, 0.25) is 0 Å². The summed E-state index contributed by atoms with van der Waals surface area (Å²) < 4.78 is 6.92. The average Bonchev–Trinajstić information content (AvgIpc) is 3.36. The topological polar surface area (TPSA) is 89.0 Å². The van der Waals surface area contributed by atoms with Crippen LogP contribution >= 0.6 is 11.8 Å². The Kier molecular flexibility index (Phi) is 4.94. The first-order valence-electron chi connectivity index (χ1n) is 7.83. The zero-order valence-corrected chi connectivity index (χ0v) is 14.4. The highest BCUT2D eigenvalue weighted by Crippen LogP contribution is 2.36. The van der Waals surface area contributed by atoms with E-state index in [-0.39, 0.29) is 22.9 Å². The summed E-state index contributed by atoms with van der Waals surface area (Å²) in [5.41, 5.74) is 0.710. The number of hydrogen-bond acceptors (Lipinski definition) is 5. The van der Waals surface area contributed by atoms with Gasteiger partial charge < -0.3 is 10.1 Å². The van der Waals surface area contributed by atoms with E-state index in [1.165, 1.54) is 11.8 Å². The van der Waals surface area contributed by atoms with Crippen LogP contribution in [0.4, 0.5) is 0 Å². The van der Waals surface area contributed by atoms with Gasteiger partial charge in [-0.15, -0.1) is 5.10 Å². The molecule has 1 aromatic heterocycles. The quantitative estimate of drug-likeness (QED) is 0.744. The van der Waals surface area contributed by atoms with Crippen LogP contribution < -0.4 is 15.7 Å². The van der Waals surface area contributed by atoms with Gasteiger partial charge in [-0.1, -0.05) is 30.0 Å². The lowest BCUT2D eigenvalue weighted by Gasteiger charge is -2.13. The number of nitrogens with zero attached hydrogens (tertiary/aromatic N) is 2. The fourth-order valence-electron chi connectivity index (χ4n) is 2.41. The highest BCUT2D eigenvalue weighted by Gasteiger charge is 2.30. The molecule has 1 heterocycles. The lowest BCUT2D eigenvalue weighted by atomic mass is 10.2. The molecule has 8 heteroatoms. The van der Waals surface area contributed by atoms with Crippen molar-refractivity contribution in [2.24, 2.45) is 0 Å². The van der Waals surface area contributed by atoms with E-state index in [1.807, 2.05) is 24.3 Å². The third-order valence-corrected chi connectivity index (χ3v) is 4.95. The molecular formula is C16H20N4O3S. The van der Waals surface area contributed by atoms with Crippen LogP contribution in [0.3, 0.4) is 0 Å². The molecular weight excluding hydrogens is 328 g/mol. The molecule has 24 heavy (non-hydrogen) atoms. The smallest absolute Gasteiger partial charge is 0.344 e. The van der Waals surface area contributed by atoms with Crippen molar-refractivity contribution in [2.75, 3.05) is 7.11 Å². The number of hydrogen-bond donors (Lipinski definition) is 2. The lowest BCUT2D eigenvalue weighted by molar-refractivity contribution is -0.120. The van der Waals surface area contributed by atoms with Crippen molar-refractivity contribution in [3.63, 3.8) is 0 Å². The monoisotopic (exact) mass is 348 g/mol. The normalized spacial score (nSPS) is 15.1. The molecule has 1 atom stereocenters. The number of ether oxygens (including phenoxy) is 1. The third kappa shape index (κ3) is 3.64. The van der Waals surface area contributed by atoms with Gasteiger partial charge in [-0.05, 0) is 25.8 Å². The van der Waals surface area contributed by atoms with E-state index in [1.54, 1.807) is 18.6 Å². The molecule has 7 nitrogen and oxygen atoms in total. The van der Waals surface area contributed by atoms with Crippen LogP contribution in [0.5, 0.6) is 5.75 Å². The number of amides is 1. The largest absolute Gasteiger partial charge is 0.496 e. The third-order valence-electron chi connectivity index (χ3n) is 3.88. The van der Waals surface area contributed by atoms with Gasteiger partial charge >= 0.3 is 5.69 Å². The Labute approximate surface area is 143 Å². The molecule has 1 aliphatic rings. The Hall–Kier alpha value is -2.22. The molecule has 3 rings (SSSR count). The molecule has 0 spiro atoms. The van der Waals surface area contributed by atoms with E-state index < -0.39 is 0 Å². The number of nitrogens with one attached hydrogen (secondary N) is 2. The van der Waals surface area contributed by atoms with Crippen LogP contribution in [0.25, 0.3) is 0 Å². The number of benzene rings is 1. The first kappa shape index (κ1) is 16.6. The number of carbonyl (C=O) groups excluding carboxylic acids is 1. The highest BCUT2D eigenvalue weighted by molar-refractivity contribution is 8.00. The predicted octanol–water partition coefficient (Wildman–Crippen LogP) is 1.71. The summed E-state index contributed by atoms with van der Waals surface area (Å²) in [5, 5.41) is 9.61. The Balaban J connectivity index is 1.60. The zero-order valence-electron chi connectivity index (χ0n) is 13.6. The van der Waals surface area contributed by atoms with Crippen LogP contribution in [-0.4, -0.2) is 33.0 Å². The number of thioether (sulfide) groups is 1. The molecule has 1 aliphatic carbocycles. The van der Waals surface area contributed by atoms with E-state index in [4.69, 9.17) is 4.74 Å². The van der Waals surface area contributed by atoms with Gasteiger partial charge in [0, 0.05) is 18.2 Å². The van der Waals surface area contributed by atoms with Gasteiger partial charge in [-0.3, -0.25) is 9.36 Å². The predicted molar refractivity (Wildman–Crippen MR) is 91.3 cm³/mol. The first-order valence-corrected chi connectivity index (χ1v) is 8.71. The minimum Gasteiger partial charge on any atom is -0.496 e. The van der Waals surface area contributed by atoms with Crippen molar-refractivity contribution < 1.29 is 9.53 Å². The molecule has 0 bridgehead atoms. The molecule has 2 N–H and O–H groups in total. The van der Waals surface area contributed by atoms with E-state index in [0.717, 1.165) is 24.2 Å². The number of carbonyl (C=O) groups is 1. The highest BCUT2D eigenvalue weighted by atomic mass is 32.2. The van der Waals surface area contributed by atoms with Crippen molar-refractivity contribution in [3.8, 4) is 5.75 Å². The van der Waals surface area contributed by atoms with Crippen LogP contribution in [0.15, 0.2) is 34.2 Å². The Morgan fingerprint density at radius 2 is 2.25 bits per heavy atom. The fraction of sp³-hybridized carbons (Fsp3) is 0.438. The molecule has 0 saturated heterocycles. The van der Waals surface area contributed by atoms with Crippen molar-refractivity contribution in [1.82, 2.24) is 20.1 Å². The Bertz CT molecular complexity index is 782. The lowest BCUT2D eigenvalue weighted by Crippen LogP contribution is -2.31. The second-order valence-corrected chi connectivity index (χ2v) is 7.01. The van der Waals surface area contributed by atoms with E-state index >= 15 is 0 Å². The van der Waals surface area contributed by atoms with Crippen molar-refractivity contribution in [1.29, 1.82) is 0 Å². The molecule has 1 aromatic carbocycles. The standard InChI is InChI=1S/C16H20N4O3S/c1-10(24-16-19-18-15(22)20(16)12-7-8-12)14(21)17-9-11-5-3-4-6-13(11)23-2/h3-6,10,12H,7-9H2,1-2H3,(H,17,21)(H,18,22)/t10-/m1/s1. The number of methoxy groups -OCH3 is 1. The molecule has 128 valence electrons. The van der Waals surface area contributed by atoms with Crippen molar-refractivity contribution in [3.05, 3.63) is 40.3 Å². The second kappa shape index (κ2) is 7.12. The second-order valence-electron chi connectivity index (χ2n) is 5.70.